The maximum atomic E-state index is 13.5. The summed E-state index contributed by atoms with van der Waals surface area (Å²) in [5.74, 6) is -1.03. The van der Waals surface area contributed by atoms with Crippen LogP contribution in [-0.4, -0.2) is 36.3 Å². The fraction of sp³-hybridized carbons (Fsp3) is 0.345. The summed E-state index contributed by atoms with van der Waals surface area (Å²) >= 11 is 0. The number of hydrogen-bond donors (Lipinski definition) is 4. The van der Waals surface area contributed by atoms with Gasteiger partial charge in [-0.2, -0.15) is 8.42 Å². The van der Waals surface area contributed by atoms with Crippen LogP contribution in [0.25, 0.3) is 0 Å². The van der Waals surface area contributed by atoms with Gasteiger partial charge >= 0.3 is 0 Å². The number of benzene rings is 3. The van der Waals surface area contributed by atoms with Gasteiger partial charge in [0.15, 0.2) is 0 Å². The molecule has 0 aromatic heterocycles. The van der Waals surface area contributed by atoms with Crippen LogP contribution in [0.5, 0.6) is 0 Å². The van der Waals surface area contributed by atoms with Gasteiger partial charge in [-0.25, -0.2) is 0 Å². The Balaban J connectivity index is 1.79. The van der Waals surface area contributed by atoms with Crippen molar-refractivity contribution in [2.45, 2.75) is 51.7 Å². The zero-order valence-corrected chi connectivity index (χ0v) is 22.5. The molecule has 2 unspecified atom stereocenters. The van der Waals surface area contributed by atoms with Crippen LogP contribution >= 0.6 is 0 Å². The minimum absolute atomic E-state index is 0.00389. The Hall–Kier alpha value is -3.04. The van der Waals surface area contributed by atoms with Gasteiger partial charge in [0.2, 0.25) is 5.91 Å². The van der Waals surface area contributed by atoms with E-state index in [1.807, 2.05) is 55.5 Å². The highest BCUT2D eigenvalue weighted by atomic mass is 32.2. The summed E-state index contributed by atoms with van der Waals surface area (Å²) in [6.07, 6.45) is -0.625. The number of aryl methyl sites for hydroxylation is 1. The van der Waals surface area contributed by atoms with Gasteiger partial charge in [-0.1, -0.05) is 81.4 Å². The lowest BCUT2D eigenvalue weighted by Crippen LogP contribution is -2.27. The first kappa shape index (κ1) is 28.5. The van der Waals surface area contributed by atoms with Gasteiger partial charge in [-0.15, -0.1) is 0 Å². The third kappa shape index (κ3) is 8.79. The standard InChI is InChI=1S/C29H36N2O5S/c1-20-6-5-7-25(18-20)31-28(33)26(22-12-14-24(15-13-22)29(2,3)4)19-21-8-10-23(11-9-21)27(32)30-16-17-37(34,35)36/h5-15,18,26-27,30,32H,16-17,19H2,1-4H3,(H,31,33)(H,34,35,36). The number of aliphatic hydroxyl groups excluding tert-OH is 1. The summed E-state index contributed by atoms with van der Waals surface area (Å²) in [5.41, 5.74) is 5.37. The topological polar surface area (TPSA) is 116 Å². The van der Waals surface area contributed by atoms with Crippen molar-refractivity contribution in [1.82, 2.24) is 5.32 Å². The molecule has 3 aromatic carbocycles. The Morgan fingerprint density at radius 2 is 1.57 bits per heavy atom. The SMILES string of the molecule is Cc1cccc(NC(=O)C(Cc2ccc(C(O)NCCS(=O)(=O)O)cc2)c2ccc(C(C)(C)C)cc2)c1. The fourth-order valence-electron chi connectivity index (χ4n) is 4.04. The molecule has 7 nitrogen and oxygen atoms in total. The van der Waals surface area contributed by atoms with Crippen LogP contribution in [-0.2, 0) is 26.7 Å². The number of nitrogens with one attached hydrogen (secondary N) is 2. The lowest BCUT2D eigenvalue weighted by atomic mass is 9.84. The maximum Gasteiger partial charge on any atom is 0.266 e. The Labute approximate surface area is 219 Å². The molecule has 198 valence electrons. The summed E-state index contributed by atoms with van der Waals surface area (Å²) in [4.78, 5) is 13.5. The summed E-state index contributed by atoms with van der Waals surface area (Å²) in [6, 6.07) is 23.0. The second-order valence-electron chi connectivity index (χ2n) is 10.4. The summed E-state index contributed by atoms with van der Waals surface area (Å²) < 4.78 is 30.6. The van der Waals surface area contributed by atoms with E-state index in [1.165, 1.54) is 5.56 Å². The van der Waals surface area contributed by atoms with Crippen molar-refractivity contribution in [3.8, 4) is 0 Å². The highest BCUT2D eigenvalue weighted by Gasteiger charge is 2.23. The molecule has 0 fully saturated rings. The van der Waals surface area contributed by atoms with Crippen LogP contribution in [0.15, 0.2) is 72.8 Å². The zero-order chi connectivity index (χ0) is 27.2. The van der Waals surface area contributed by atoms with E-state index in [9.17, 15) is 18.3 Å². The first-order chi connectivity index (χ1) is 17.3. The van der Waals surface area contributed by atoms with Crippen LogP contribution < -0.4 is 10.6 Å². The molecule has 0 bridgehead atoms. The molecule has 37 heavy (non-hydrogen) atoms. The van der Waals surface area contributed by atoms with E-state index >= 15 is 0 Å². The number of rotatable bonds is 10. The van der Waals surface area contributed by atoms with Crippen molar-refractivity contribution in [2.24, 2.45) is 0 Å². The van der Waals surface area contributed by atoms with Crippen LogP contribution in [0.3, 0.4) is 0 Å². The highest BCUT2D eigenvalue weighted by molar-refractivity contribution is 7.85. The first-order valence-electron chi connectivity index (χ1n) is 12.3. The van der Waals surface area contributed by atoms with E-state index in [4.69, 9.17) is 4.55 Å². The molecule has 1 amide bonds. The van der Waals surface area contributed by atoms with Crippen molar-refractivity contribution < 1.29 is 22.9 Å². The number of hydrogen-bond acceptors (Lipinski definition) is 5. The van der Waals surface area contributed by atoms with Gasteiger partial charge in [0.1, 0.15) is 6.23 Å². The predicted octanol–water partition coefficient (Wildman–Crippen LogP) is 4.73. The quantitative estimate of drug-likeness (QED) is 0.225. The average molecular weight is 525 g/mol. The van der Waals surface area contributed by atoms with Crippen molar-refractivity contribution in [3.63, 3.8) is 0 Å². The van der Waals surface area contributed by atoms with Crippen molar-refractivity contribution in [2.75, 3.05) is 17.6 Å². The third-order valence-corrected chi connectivity index (χ3v) is 6.93. The molecule has 4 N–H and O–H groups in total. The van der Waals surface area contributed by atoms with E-state index < -0.39 is 28.0 Å². The predicted molar refractivity (Wildman–Crippen MR) is 147 cm³/mol. The first-order valence-corrected chi connectivity index (χ1v) is 13.9. The van der Waals surface area contributed by atoms with E-state index in [0.29, 0.717) is 12.0 Å². The van der Waals surface area contributed by atoms with Gasteiger partial charge in [0.25, 0.3) is 10.1 Å². The molecule has 0 spiro atoms. The lowest BCUT2D eigenvalue weighted by Gasteiger charge is -2.22. The summed E-state index contributed by atoms with van der Waals surface area (Å²) in [5, 5.41) is 16.0. The van der Waals surface area contributed by atoms with Crippen molar-refractivity contribution in [1.29, 1.82) is 0 Å². The molecule has 0 aliphatic rings. The monoisotopic (exact) mass is 524 g/mol. The molecule has 0 aliphatic heterocycles. The van der Waals surface area contributed by atoms with Crippen LogP contribution in [0.2, 0.25) is 0 Å². The minimum Gasteiger partial charge on any atom is -0.374 e. The summed E-state index contributed by atoms with van der Waals surface area (Å²) in [6.45, 7) is 8.34. The van der Waals surface area contributed by atoms with Crippen molar-refractivity contribution >= 4 is 21.7 Å². The Bertz CT molecular complexity index is 1300. The minimum atomic E-state index is -4.10. The molecular formula is C29H36N2O5S. The molecule has 0 aliphatic carbocycles. The zero-order valence-electron chi connectivity index (χ0n) is 21.7. The highest BCUT2D eigenvalue weighted by Crippen LogP contribution is 2.28. The molecule has 0 heterocycles. The van der Waals surface area contributed by atoms with Gasteiger partial charge in [0, 0.05) is 12.2 Å². The number of aliphatic hydroxyl groups is 1. The van der Waals surface area contributed by atoms with E-state index in [0.717, 1.165) is 22.4 Å². The molecule has 2 atom stereocenters. The normalized spacial score (nSPS) is 13.7. The van der Waals surface area contributed by atoms with Crippen LogP contribution in [0.1, 0.15) is 60.7 Å². The number of amides is 1. The van der Waals surface area contributed by atoms with Crippen LogP contribution in [0.4, 0.5) is 5.69 Å². The largest absolute Gasteiger partial charge is 0.374 e. The average Bonchev–Trinajstić information content (AvgIpc) is 2.81. The smallest absolute Gasteiger partial charge is 0.266 e. The molecule has 0 saturated heterocycles. The maximum absolute atomic E-state index is 13.5. The molecule has 0 saturated carbocycles. The molecular weight excluding hydrogens is 488 g/mol. The van der Waals surface area contributed by atoms with Gasteiger partial charge < -0.3 is 10.4 Å². The Kier molecular flexibility index (Phi) is 9.26. The summed E-state index contributed by atoms with van der Waals surface area (Å²) in [7, 11) is -4.10. The molecule has 3 rings (SSSR count). The second kappa shape index (κ2) is 12.0. The van der Waals surface area contributed by atoms with Crippen molar-refractivity contribution in [3.05, 3.63) is 101 Å². The fourth-order valence-corrected chi connectivity index (χ4v) is 4.42. The Morgan fingerprint density at radius 3 is 2.14 bits per heavy atom. The van der Waals surface area contributed by atoms with E-state index in [-0.39, 0.29) is 17.9 Å². The Morgan fingerprint density at radius 1 is 0.946 bits per heavy atom. The van der Waals surface area contributed by atoms with Gasteiger partial charge in [-0.3, -0.25) is 14.7 Å². The lowest BCUT2D eigenvalue weighted by molar-refractivity contribution is -0.117. The number of anilines is 1. The van der Waals surface area contributed by atoms with Crippen LogP contribution in [0, 0.1) is 6.92 Å². The molecule has 3 aromatic rings. The number of carbonyl (C=O) groups is 1. The van der Waals surface area contributed by atoms with E-state index in [1.54, 1.807) is 12.1 Å². The van der Waals surface area contributed by atoms with Gasteiger partial charge in [0.05, 0.1) is 11.7 Å². The third-order valence-electron chi connectivity index (χ3n) is 6.21. The van der Waals surface area contributed by atoms with Gasteiger partial charge in [-0.05, 0) is 58.7 Å². The number of carbonyl (C=O) groups excluding carboxylic acids is 1. The molecule has 8 heteroatoms. The van der Waals surface area contributed by atoms with E-state index in [2.05, 4.69) is 43.5 Å². The molecule has 0 radical (unpaired) electrons. The second-order valence-corrected chi connectivity index (χ2v) is 11.9.